The number of fused-ring (bicyclic) bond motifs is 3. The highest BCUT2D eigenvalue weighted by Crippen LogP contribution is 2.36. The molecule has 0 spiro atoms. The van der Waals surface area contributed by atoms with Crippen LogP contribution in [-0.2, 0) is 0 Å². The zero-order valence-corrected chi connectivity index (χ0v) is 27.1. The number of aromatic nitrogens is 1. The third-order valence-electron chi connectivity index (χ3n) is 9.43. The maximum atomic E-state index is 10.6. The molecule has 0 aliphatic rings. The van der Waals surface area contributed by atoms with Crippen molar-refractivity contribution >= 4 is 50.6 Å². The van der Waals surface area contributed by atoms with E-state index in [9.17, 15) is 10.5 Å². The van der Waals surface area contributed by atoms with Gasteiger partial charge in [0.1, 0.15) is 12.1 Å². The first-order valence-corrected chi connectivity index (χ1v) is 18.0. The average Bonchev–Trinajstić information content (AvgIpc) is 3.50. The van der Waals surface area contributed by atoms with Crippen LogP contribution in [0.15, 0.2) is 176 Å². The molecular weight excluding hydrogens is 599 g/mol. The monoisotopic (exact) mass is 627 g/mol. The standard InChI is InChI=1S/C44H29N3Si/c45-30-33-28-32(29-43(40(33)31-46)47-41-25-13-10-23-38(41)39-24-11-14-26-42(39)47)37-22-12-15-27-44(37)48(34-16-4-1-5-17-34,35-18-6-2-7-19-35)36-20-8-3-9-21-36/h1-29H. The first-order chi connectivity index (χ1) is 23.8. The smallest absolute Gasteiger partial charge is 0.180 e. The molecule has 8 aromatic rings. The summed E-state index contributed by atoms with van der Waals surface area (Å²) in [6.45, 7) is 0. The first kappa shape index (κ1) is 29.0. The number of hydrogen-bond donors (Lipinski definition) is 0. The number of hydrogen-bond acceptors (Lipinski definition) is 2. The topological polar surface area (TPSA) is 52.5 Å². The zero-order valence-electron chi connectivity index (χ0n) is 26.1. The van der Waals surface area contributed by atoms with Gasteiger partial charge in [-0.3, -0.25) is 0 Å². The summed E-state index contributed by atoms with van der Waals surface area (Å²) in [5.74, 6) is 0. The average molecular weight is 628 g/mol. The molecule has 0 amide bonds. The Hall–Kier alpha value is -6.46. The van der Waals surface area contributed by atoms with Crippen molar-refractivity contribution in [3.05, 3.63) is 187 Å². The lowest BCUT2D eigenvalue weighted by molar-refractivity contribution is 1.16. The summed E-state index contributed by atoms with van der Waals surface area (Å²) in [5, 5.41) is 28.3. The largest absolute Gasteiger partial charge is 0.308 e. The molecule has 224 valence electrons. The van der Waals surface area contributed by atoms with Crippen molar-refractivity contribution in [1.82, 2.24) is 4.57 Å². The van der Waals surface area contributed by atoms with Crippen LogP contribution in [0.4, 0.5) is 0 Å². The Morgan fingerprint density at radius 3 is 1.42 bits per heavy atom. The zero-order chi connectivity index (χ0) is 32.5. The van der Waals surface area contributed by atoms with Crippen LogP contribution in [0.5, 0.6) is 0 Å². The van der Waals surface area contributed by atoms with Gasteiger partial charge in [-0.2, -0.15) is 10.5 Å². The fourth-order valence-corrected chi connectivity index (χ4v) is 12.4. The second-order valence-corrected chi connectivity index (χ2v) is 15.7. The molecule has 3 nitrogen and oxygen atoms in total. The van der Waals surface area contributed by atoms with E-state index in [4.69, 9.17) is 0 Å². The highest BCUT2D eigenvalue weighted by molar-refractivity contribution is 7.20. The summed E-state index contributed by atoms with van der Waals surface area (Å²) in [6, 6.07) is 66.5. The van der Waals surface area contributed by atoms with E-state index in [2.05, 4.69) is 162 Å². The lowest BCUT2D eigenvalue weighted by Gasteiger charge is -2.36. The van der Waals surface area contributed by atoms with Crippen molar-refractivity contribution in [2.75, 3.05) is 0 Å². The predicted molar refractivity (Wildman–Crippen MR) is 199 cm³/mol. The highest BCUT2D eigenvalue weighted by atomic mass is 28.3. The van der Waals surface area contributed by atoms with Crippen LogP contribution in [0.2, 0.25) is 0 Å². The summed E-state index contributed by atoms with van der Waals surface area (Å²) in [7, 11) is -2.90. The molecule has 0 aliphatic carbocycles. The summed E-state index contributed by atoms with van der Waals surface area (Å²) < 4.78 is 2.15. The first-order valence-electron chi connectivity index (χ1n) is 16.0. The lowest BCUT2D eigenvalue weighted by Crippen LogP contribution is -2.75. The fourth-order valence-electron chi connectivity index (χ4n) is 7.44. The van der Waals surface area contributed by atoms with E-state index in [1.165, 1.54) is 20.7 Å². The van der Waals surface area contributed by atoms with E-state index in [1.54, 1.807) is 0 Å². The molecule has 0 saturated heterocycles. The van der Waals surface area contributed by atoms with Crippen molar-refractivity contribution in [3.8, 4) is 29.0 Å². The van der Waals surface area contributed by atoms with Gasteiger partial charge in [0.25, 0.3) is 0 Å². The number of para-hydroxylation sites is 2. The number of nitriles is 2. The molecule has 0 aliphatic heterocycles. The Morgan fingerprint density at radius 2 is 0.917 bits per heavy atom. The van der Waals surface area contributed by atoms with Gasteiger partial charge >= 0.3 is 0 Å². The Balaban J connectivity index is 1.49. The van der Waals surface area contributed by atoms with Crippen LogP contribution in [0.3, 0.4) is 0 Å². The Labute approximate surface area is 280 Å². The van der Waals surface area contributed by atoms with Gasteiger partial charge < -0.3 is 4.57 Å². The minimum atomic E-state index is -2.90. The second kappa shape index (κ2) is 12.0. The second-order valence-electron chi connectivity index (χ2n) is 11.9. The highest BCUT2D eigenvalue weighted by Gasteiger charge is 2.42. The van der Waals surface area contributed by atoms with Gasteiger partial charge in [0, 0.05) is 10.8 Å². The molecule has 0 saturated carbocycles. The van der Waals surface area contributed by atoms with Crippen LogP contribution in [0, 0.1) is 22.7 Å². The van der Waals surface area contributed by atoms with Crippen molar-refractivity contribution in [2.45, 2.75) is 0 Å². The maximum Gasteiger partial charge on any atom is 0.180 e. The number of nitrogens with zero attached hydrogens (tertiary/aromatic N) is 3. The molecule has 1 aromatic heterocycles. The van der Waals surface area contributed by atoms with Gasteiger partial charge in [-0.05, 0) is 56.1 Å². The summed E-state index contributed by atoms with van der Waals surface area (Å²) in [4.78, 5) is 0. The van der Waals surface area contributed by atoms with Gasteiger partial charge in [0.2, 0.25) is 0 Å². The Bertz CT molecular complexity index is 2370. The van der Waals surface area contributed by atoms with Crippen molar-refractivity contribution in [3.63, 3.8) is 0 Å². The maximum absolute atomic E-state index is 10.6. The SMILES string of the molecule is N#Cc1cc(-c2ccccc2[Si](c2ccccc2)(c2ccccc2)c2ccccc2)cc(-n2c3ccccc3c3ccccc32)c1C#N. The van der Waals surface area contributed by atoms with Crippen LogP contribution in [-0.4, -0.2) is 12.6 Å². The quantitative estimate of drug-likeness (QED) is 0.141. The van der Waals surface area contributed by atoms with E-state index in [-0.39, 0.29) is 0 Å². The summed E-state index contributed by atoms with van der Waals surface area (Å²) in [6.07, 6.45) is 0. The van der Waals surface area contributed by atoms with E-state index < -0.39 is 8.07 Å². The molecule has 0 fully saturated rings. The lowest BCUT2D eigenvalue weighted by atomic mass is 9.97. The van der Waals surface area contributed by atoms with E-state index in [0.29, 0.717) is 16.8 Å². The van der Waals surface area contributed by atoms with Gasteiger partial charge in [0.15, 0.2) is 8.07 Å². The molecule has 7 aromatic carbocycles. The molecule has 8 rings (SSSR count). The van der Waals surface area contributed by atoms with E-state index >= 15 is 0 Å². The predicted octanol–water partition coefficient (Wildman–Crippen LogP) is 7.57. The third kappa shape index (κ3) is 4.48. The van der Waals surface area contributed by atoms with Gasteiger partial charge in [-0.25, -0.2) is 0 Å². The summed E-state index contributed by atoms with van der Waals surface area (Å²) >= 11 is 0. The van der Waals surface area contributed by atoms with E-state index in [1.807, 2.05) is 30.3 Å². The van der Waals surface area contributed by atoms with Crippen LogP contribution < -0.4 is 20.7 Å². The van der Waals surface area contributed by atoms with Gasteiger partial charge in [-0.1, -0.05) is 152 Å². The van der Waals surface area contributed by atoms with Crippen LogP contribution in [0.1, 0.15) is 11.1 Å². The minimum Gasteiger partial charge on any atom is -0.308 e. The molecule has 0 unspecified atom stereocenters. The minimum absolute atomic E-state index is 0.355. The molecule has 0 N–H and O–H groups in total. The van der Waals surface area contributed by atoms with Crippen molar-refractivity contribution in [1.29, 1.82) is 10.5 Å². The number of rotatable bonds is 6. The molecular formula is C44H29N3Si. The Kier molecular flexibility index (Phi) is 7.27. The normalized spacial score (nSPS) is 11.3. The molecule has 0 bridgehead atoms. The Morgan fingerprint density at radius 1 is 0.458 bits per heavy atom. The molecule has 1 heterocycles. The van der Waals surface area contributed by atoms with Crippen molar-refractivity contribution < 1.29 is 0 Å². The molecule has 0 atom stereocenters. The fraction of sp³-hybridized carbons (Fsp3) is 0. The third-order valence-corrected chi connectivity index (χ3v) is 14.3. The molecule has 48 heavy (non-hydrogen) atoms. The van der Waals surface area contributed by atoms with Crippen LogP contribution in [0.25, 0.3) is 38.6 Å². The van der Waals surface area contributed by atoms with E-state index in [0.717, 1.165) is 32.9 Å². The number of benzene rings is 7. The van der Waals surface area contributed by atoms with Crippen LogP contribution >= 0.6 is 0 Å². The molecule has 4 heteroatoms. The van der Waals surface area contributed by atoms with Gasteiger partial charge in [0.05, 0.1) is 27.8 Å². The van der Waals surface area contributed by atoms with Crippen molar-refractivity contribution in [2.24, 2.45) is 0 Å². The molecule has 0 radical (unpaired) electrons. The summed E-state index contributed by atoms with van der Waals surface area (Å²) in [5.41, 5.74) is 5.35. The van der Waals surface area contributed by atoms with Gasteiger partial charge in [-0.15, -0.1) is 0 Å².